The molecule has 2 aliphatic rings. The highest BCUT2D eigenvalue weighted by Crippen LogP contribution is 2.37. The van der Waals surface area contributed by atoms with E-state index in [2.05, 4.69) is 15.6 Å². The Labute approximate surface area is 508 Å². The van der Waals surface area contributed by atoms with Gasteiger partial charge < -0.3 is 53.3 Å². The molecule has 0 bridgehead atoms. The summed E-state index contributed by atoms with van der Waals surface area (Å²) in [6.45, 7) is 11.8. The molecule has 4 aromatic heterocycles. The molecule has 2 atom stereocenters. The highest BCUT2D eigenvalue weighted by atomic mass is 35.5. The number of aryl methyl sites for hydroxylation is 2. The standard InChI is InChI=1S/C34H39ClFN5O7.C26H31ClFN5O6/c1-34(2,3)48-32(44)37-23-8-7-15-39(19-23)29-26(31(43)47-6)27-28(40(29)18-21-16-22(36)11-14-25(21)35)30(42)41(33(45)38(27)4)17-20-9-12-24(46-5)13-10-20;1-26(2,3)39-25(37)29-16-7-6-10-32(13-16)22-18(23(35)38-5)19-20(21(34)30-24(36)31(19)4)33(22)12-14-11-15(28)8-9-17(14)27/h9-14,16,23H,7-8,15,17-19H2,1-6H3,(H,37,44);8-9,11,16H,6-7,10,12-13H2,1-5H3,(H,29,37)(H,30,34,36)/t23-;16-/m11/s1. The van der Waals surface area contributed by atoms with Crippen LogP contribution in [0, 0.1) is 11.6 Å². The molecule has 0 radical (unpaired) electrons. The van der Waals surface area contributed by atoms with Crippen molar-refractivity contribution in [2.24, 2.45) is 14.1 Å². The normalized spacial score (nSPS) is 15.4. The number of benzene rings is 3. The fourth-order valence-electron chi connectivity index (χ4n) is 10.9. The molecule has 2 saturated heterocycles. The molecule has 9 rings (SSSR count). The second-order valence-electron chi connectivity index (χ2n) is 23.2. The predicted octanol–water partition coefficient (Wildman–Crippen LogP) is 7.83. The number of aromatic nitrogens is 6. The van der Waals surface area contributed by atoms with E-state index in [1.807, 2.05) is 9.80 Å². The number of rotatable bonds is 13. The minimum absolute atomic E-state index is 0.00337. The third-order valence-electron chi connectivity index (χ3n) is 14.6. The van der Waals surface area contributed by atoms with Gasteiger partial charge in [-0.2, -0.15) is 0 Å². The Morgan fingerprint density at radius 1 is 0.609 bits per heavy atom. The van der Waals surface area contributed by atoms with Crippen molar-refractivity contribution in [2.75, 3.05) is 57.3 Å². The molecular formula is C60H70Cl2F2N10O13. The summed E-state index contributed by atoms with van der Waals surface area (Å²) in [5.74, 6) is -1.41. The van der Waals surface area contributed by atoms with Gasteiger partial charge in [-0.05, 0) is 132 Å². The van der Waals surface area contributed by atoms with E-state index in [0.29, 0.717) is 67.0 Å². The molecule has 0 saturated carbocycles. The summed E-state index contributed by atoms with van der Waals surface area (Å²) in [4.78, 5) is 112. The molecule has 0 spiro atoms. The molecule has 0 aliphatic carbocycles. The fourth-order valence-corrected chi connectivity index (χ4v) is 11.3. The Hall–Kier alpha value is -8.58. The largest absolute Gasteiger partial charge is 0.497 e. The number of fused-ring (bicyclic) bond motifs is 2. The van der Waals surface area contributed by atoms with E-state index in [0.717, 1.165) is 9.13 Å². The minimum atomic E-state index is -0.774. The number of hydrogen-bond donors (Lipinski definition) is 3. The van der Waals surface area contributed by atoms with Crippen LogP contribution in [-0.2, 0) is 52.7 Å². The SMILES string of the molecule is COC(=O)c1c(N2CCC[C@@H](NC(=O)OC(C)(C)C)C2)n(Cc2cc(F)ccc2Cl)c2c(=O)[nH]c(=O)n(C)c12.COC(=O)c1c(N2CCC[C@@H](NC(=O)OC(C)(C)C)C2)n(Cc2cc(F)ccc2Cl)c2c(=O)n(Cc3ccc(OC)cc3)c(=O)n(C)c12. The Morgan fingerprint density at radius 3 is 1.49 bits per heavy atom. The van der Waals surface area contributed by atoms with E-state index in [1.54, 1.807) is 70.4 Å². The van der Waals surface area contributed by atoms with Crippen molar-refractivity contribution < 1.29 is 51.6 Å². The van der Waals surface area contributed by atoms with Gasteiger partial charge >= 0.3 is 35.5 Å². The van der Waals surface area contributed by atoms with Crippen molar-refractivity contribution in [3.8, 4) is 5.75 Å². The maximum absolute atomic E-state index is 14.5. The number of H-pyrrole nitrogens is 1. The van der Waals surface area contributed by atoms with Gasteiger partial charge in [-0.3, -0.25) is 28.3 Å². The lowest BCUT2D eigenvalue weighted by Crippen LogP contribution is -2.49. The first-order valence-electron chi connectivity index (χ1n) is 27.9. The number of methoxy groups -OCH3 is 3. The van der Waals surface area contributed by atoms with Crippen molar-refractivity contribution in [1.29, 1.82) is 0 Å². The highest BCUT2D eigenvalue weighted by molar-refractivity contribution is 6.31. The van der Waals surface area contributed by atoms with Gasteiger partial charge in [0.1, 0.15) is 62.4 Å². The van der Waals surface area contributed by atoms with E-state index >= 15 is 0 Å². The van der Waals surface area contributed by atoms with Crippen molar-refractivity contribution in [3.05, 3.63) is 152 Å². The summed E-state index contributed by atoms with van der Waals surface area (Å²) in [6.07, 6.45) is 1.37. The van der Waals surface area contributed by atoms with Gasteiger partial charge in [-0.1, -0.05) is 35.3 Å². The Kier molecular flexibility index (Phi) is 19.4. The second-order valence-corrected chi connectivity index (χ2v) is 24.0. The molecule has 2 fully saturated rings. The summed E-state index contributed by atoms with van der Waals surface area (Å²) in [7, 11) is 6.86. The van der Waals surface area contributed by atoms with E-state index < -0.39 is 69.5 Å². The smallest absolute Gasteiger partial charge is 0.407 e. The summed E-state index contributed by atoms with van der Waals surface area (Å²) >= 11 is 12.9. The van der Waals surface area contributed by atoms with Gasteiger partial charge in [-0.25, -0.2) is 37.5 Å². The van der Waals surface area contributed by atoms with Crippen LogP contribution in [0.2, 0.25) is 10.0 Å². The lowest BCUT2D eigenvalue weighted by Gasteiger charge is -2.36. The zero-order valence-corrected chi connectivity index (χ0v) is 51.7. The summed E-state index contributed by atoms with van der Waals surface area (Å²) < 4.78 is 61.7. The summed E-state index contributed by atoms with van der Waals surface area (Å²) in [5, 5.41) is 6.28. The third kappa shape index (κ3) is 14.3. The number of hydrogen-bond acceptors (Lipinski definition) is 15. The van der Waals surface area contributed by atoms with Gasteiger partial charge in [0, 0.05) is 62.4 Å². The van der Waals surface area contributed by atoms with E-state index in [1.165, 1.54) is 81.0 Å². The zero-order valence-electron chi connectivity index (χ0n) is 50.2. The number of halogens is 4. The Morgan fingerprint density at radius 2 is 1.06 bits per heavy atom. The lowest BCUT2D eigenvalue weighted by molar-refractivity contribution is 0.0487. The van der Waals surface area contributed by atoms with Gasteiger partial charge in [0.25, 0.3) is 11.1 Å². The van der Waals surface area contributed by atoms with Crippen molar-refractivity contribution in [3.63, 3.8) is 0 Å². The highest BCUT2D eigenvalue weighted by Gasteiger charge is 2.37. The number of alkyl carbamates (subject to hydrolysis) is 2. The van der Waals surface area contributed by atoms with Gasteiger partial charge in [0.2, 0.25) is 0 Å². The molecule has 3 N–H and O–H groups in total. The van der Waals surface area contributed by atoms with Crippen molar-refractivity contribution in [1.82, 2.24) is 38.5 Å². The number of carbonyl (C=O) groups excluding carboxylic acids is 4. The first-order chi connectivity index (χ1) is 41.0. The Balaban J connectivity index is 0.000000231. The van der Waals surface area contributed by atoms with Crippen molar-refractivity contribution >= 4 is 81.0 Å². The number of nitrogens with one attached hydrogen (secondary N) is 3. The van der Waals surface area contributed by atoms with E-state index in [-0.39, 0.29) is 93.9 Å². The molecule has 2 aliphatic heterocycles. The van der Waals surface area contributed by atoms with Crippen LogP contribution in [0.25, 0.3) is 22.1 Å². The number of nitrogens with zero attached hydrogens (tertiary/aromatic N) is 7. The van der Waals surface area contributed by atoms with Gasteiger partial charge in [0.05, 0.1) is 52.0 Å². The van der Waals surface area contributed by atoms with Crippen LogP contribution >= 0.6 is 23.2 Å². The first kappa shape index (κ1) is 64.4. The zero-order chi connectivity index (χ0) is 63.6. The minimum Gasteiger partial charge on any atom is -0.497 e. The molecule has 2 amide bonds. The molecule has 27 heteroatoms. The molecule has 6 heterocycles. The van der Waals surface area contributed by atoms with Crippen LogP contribution in [0.4, 0.5) is 30.0 Å². The maximum atomic E-state index is 14.5. The van der Waals surface area contributed by atoms with Crippen LogP contribution in [0.15, 0.2) is 79.8 Å². The average Bonchev–Trinajstić information content (AvgIpc) is 1.60. The van der Waals surface area contributed by atoms with Crippen molar-refractivity contribution in [2.45, 2.75) is 110 Å². The monoisotopic (exact) mass is 1250 g/mol. The summed E-state index contributed by atoms with van der Waals surface area (Å²) in [5.41, 5.74) is -2.57. The quantitative estimate of drug-likeness (QED) is 0.0735. The predicted molar refractivity (Wildman–Crippen MR) is 324 cm³/mol. The number of esters is 2. The molecule has 23 nitrogen and oxygen atoms in total. The van der Waals surface area contributed by atoms with Gasteiger partial charge in [-0.15, -0.1) is 0 Å². The Bertz CT molecular complexity index is 4040. The fraction of sp³-hybridized carbons (Fsp3) is 0.433. The lowest BCUT2D eigenvalue weighted by atomic mass is 10.1. The van der Waals surface area contributed by atoms with Crippen LogP contribution in [-0.4, -0.2) is 123 Å². The van der Waals surface area contributed by atoms with E-state index in [4.69, 9.17) is 46.9 Å². The maximum Gasteiger partial charge on any atom is 0.407 e. The number of ether oxygens (including phenoxy) is 5. The van der Waals surface area contributed by atoms with E-state index in [9.17, 15) is 47.1 Å². The summed E-state index contributed by atoms with van der Waals surface area (Å²) in [6, 6.07) is 14.0. The number of piperidine rings is 2. The number of carbonyl (C=O) groups is 4. The van der Waals surface area contributed by atoms with Crippen LogP contribution in [0.1, 0.15) is 105 Å². The molecule has 3 aromatic carbocycles. The number of amides is 2. The first-order valence-corrected chi connectivity index (χ1v) is 28.7. The average molecular weight is 1250 g/mol. The molecular weight excluding hydrogens is 1180 g/mol. The molecule has 87 heavy (non-hydrogen) atoms. The molecule has 466 valence electrons. The van der Waals surface area contributed by atoms with Crippen LogP contribution in [0.5, 0.6) is 5.75 Å². The molecule has 0 unspecified atom stereocenters. The second kappa shape index (κ2) is 26.2. The number of anilines is 2. The van der Waals surface area contributed by atoms with Crippen LogP contribution in [0.3, 0.4) is 0 Å². The number of aromatic amines is 1. The van der Waals surface area contributed by atoms with Crippen LogP contribution < -0.4 is 47.7 Å². The third-order valence-corrected chi connectivity index (χ3v) is 15.4. The topological polar surface area (TPSA) is 254 Å². The molecule has 7 aromatic rings. The van der Waals surface area contributed by atoms with Gasteiger partial charge in [0.15, 0.2) is 0 Å².